The molecule has 0 amide bonds. The van der Waals surface area contributed by atoms with Gasteiger partial charge in [-0.25, -0.2) is 4.79 Å². The summed E-state index contributed by atoms with van der Waals surface area (Å²) < 4.78 is 9.93. The van der Waals surface area contributed by atoms with Crippen LogP contribution in [0.3, 0.4) is 0 Å². The first-order chi connectivity index (χ1) is 16.6. The summed E-state index contributed by atoms with van der Waals surface area (Å²) in [7, 11) is 1.28. The van der Waals surface area contributed by atoms with Gasteiger partial charge in [0.05, 0.1) is 19.3 Å². The Labute approximate surface area is 209 Å². The summed E-state index contributed by atoms with van der Waals surface area (Å²) in [5.41, 5.74) is 2.52. The Morgan fingerprint density at radius 1 is 1.17 bits per heavy atom. The van der Waals surface area contributed by atoms with Crippen molar-refractivity contribution in [3.8, 4) is 0 Å². The Bertz CT molecular complexity index is 912. The number of carbonyl (C=O) groups is 1. The van der Waals surface area contributed by atoms with Gasteiger partial charge in [-0.2, -0.15) is 0 Å². The fraction of sp³-hybridized carbons (Fsp3) is 0.690. The van der Waals surface area contributed by atoms with Crippen LogP contribution >= 0.6 is 0 Å². The summed E-state index contributed by atoms with van der Waals surface area (Å²) in [5.74, 6) is 1.33. The second-order valence-corrected chi connectivity index (χ2v) is 11.5. The van der Waals surface area contributed by atoms with Crippen LogP contribution in [0.1, 0.15) is 71.6 Å². The Balaban J connectivity index is 1.44. The normalized spacial score (nSPS) is 38.4. The quantitative estimate of drug-likeness (QED) is 0.361. The van der Waals surface area contributed by atoms with Crippen molar-refractivity contribution in [2.45, 2.75) is 95.5 Å². The molecule has 194 valence electrons. The van der Waals surface area contributed by atoms with E-state index in [9.17, 15) is 20.1 Å². The van der Waals surface area contributed by atoms with E-state index in [2.05, 4.69) is 43.4 Å². The lowest BCUT2D eigenvalue weighted by Gasteiger charge is -2.44. The Morgan fingerprint density at radius 2 is 1.91 bits per heavy atom. The summed E-state index contributed by atoms with van der Waals surface area (Å²) >= 11 is 0. The van der Waals surface area contributed by atoms with Gasteiger partial charge in [0.2, 0.25) is 0 Å². The van der Waals surface area contributed by atoms with Crippen molar-refractivity contribution in [1.82, 2.24) is 0 Å². The monoisotopic (exact) mass is 486 g/mol. The molecule has 35 heavy (non-hydrogen) atoms. The van der Waals surface area contributed by atoms with E-state index in [0.717, 1.165) is 36.8 Å². The molecule has 4 aliphatic rings. The molecule has 4 fully saturated rings. The number of methoxy groups -OCH3 is 1. The van der Waals surface area contributed by atoms with Crippen LogP contribution in [0.4, 0.5) is 4.79 Å². The van der Waals surface area contributed by atoms with Crippen molar-refractivity contribution in [3.63, 3.8) is 0 Å². The van der Waals surface area contributed by atoms with E-state index in [4.69, 9.17) is 4.74 Å². The predicted molar refractivity (Wildman–Crippen MR) is 134 cm³/mol. The third kappa shape index (κ3) is 5.30. The van der Waals surface area contributed by atoms with Gasteiger partial charge in [0, 0.05) is 6.42 Å². The van der Waals surface area contributed by atoms with E-state index in [1.165, 1.54) is 19.1 Å². The number of allylic oxidation sites excluding steroid dienone is 4. The van der Waals surface area contributed by atoms with Crippen LogP contribution in [-0.2, 0) is 9.47 Å². The van der Waals surface area contributed by atoms with Gasteiger partial charge in [-0.15, -0.1) is 0 Å². The van der Waals surface area contributed by atoms with E-state index < -0.39 is 30.1 Å². The third-order valence-electron chi connectivity index (χ3n) is 9.27. The van der Waals surface area contributed by atoms with Crippen molar-refractivity contribution in [1.29, 1.82) is 0 Å². The van der Waals surface area contributed by atoms with Crippen molar-refractivity contribution in [2.24, 2.45) is 23.2 Å². The first-order valence-electron chi connectivity index (χ1n) is 13.2. The van der Waals surface area contributed by atoms with E-state index in [1.807, 2.05) is 6.08 Å². The molecule has 7 atom stereocenters. The van der Waals surface area contributed by atoms with Crippen molar-refractivity contribution < 1.29 is 29.6 Å². The highest BCUT2D eigenvalue weighted by atomic mass is 16.7. The average molecular weight is 487 g/mol. The SMILES string of the molecule is C=C1/C(=C\C=C2/CCC[C@]3(C)[C@@H]([C@H](C)/C=C/[C@@H](O)C4(OC(=O)OC)CC4)CC[C@@H]23)C[C@@H](O)C[C@@H]1O. The molecule has 0 saturated heterocycles. The second kappa shape index (κ2) is 10.2. The molecule has 4 aliphatic carbocycles. The van der Waals surface area contributed by atoms with Gasteiger partial charge >= 0.3 is 6.16 Å². The fourth-order valence-electron chi connectivity index (χ4n) is 6.99. The van der Waals surface area contributed by atoms with E-state index in [1.54, 1.807) is 0 Å². The van der Waals surface area contributed by atoms with Gasteiger partial charge in [0.15, 0.2) is 0 Å². The summed E-state index contributed by atoms with van der Waals surface area (Å²) in [5, 5.41) is 30.9. The van der Waals surface area contributed by atoms with Crippen LogP contribution < -0.4 is 0 Å². The molecule has 6 heteroatoms. The van der Waals surface area contributed by atoms with Crippen molar-refractivity contribution >= 4 is 6.16 Å². The molecule has 0 unspecified atom stereocenters. The first kappa shape index (κ1) is 26.2. The molecule has 4 rings (SSSR count). The zero-order valence-corrected chi connectivity index (χ0v) is 21.4. The van der Waals surface area contributed by atoms with Crippen molar-refractivity contribution in [3.05, 3.63) is 47.6 Å². The lowest BCUT2D eigenvalue weighted by molar-refractivity contribution is -0.0245. The van der Waals surface area contributed by atoms with E-state index in [0.29, 0.717) is 43.4 Å². The summed E-state index contributed by atoms with van der Waals surface area (Å²) in [4.78, 5) is 11.5. The van der Waals surface area contributed by atoms with Crippen LogP contribution in [0.15, 0.2) is 47.6 Å². The fourth-order valence-corrected chi connectivity index (χ4v) is 6.99. The number of aliphatic hydroxyl groups is 3. The number of rotatable bonds is 6. The Kier molecular flexibility index (Phi) is 7.65. The molecular weight excluding hydrogens is 444 g/mol. The maximum Gasteiger partial charge on any atom is 0.508 e. The smallest absolute Gasteiger partial charge is 0.438 e. The summed E-state index contributed by atoms with van der Waals surface area (Å²) in [6.07, 6.45) is 13.4. The zero-order chi connectivity index (χ0) is 25.4. The molecule has 0 radical (unpaired) electrons. The van der Waals surface area contributed by atoms with Crippen LogP contribution in [0.5, 0.6) is 0 Å². The Morgan fingerprint density at radius 3 is 2.60 bits per heavy atom. The zero-order valence-electron chi connectivity index (χ0n) is 21.4. The van der Waals surface area contributed by atoms with E-state index >= 15 is 0 Å². The highest BCUT2D eigenvalue weighted by Crippen LogP contribution is 2.59. The molecule has 3 N–H and O–H groups in total. The highest BCUT2D eigenvalue weighted by Gasteiger charge is 2.53. The number of ether oxygens (including phenoxy) is 2. The first-order valence-corrected chi connectivity index (χ1v) is 13.2. The van der Waals surface area contributed by atoms with Gasteiger partial charge in [0.25, 0.3) is 0 Å². The number of carbonyl (C=O) groups excluding carboxylic acids is 1. The average Bonchev–Trinajstić information content (AvgIpc) is 3.51. The molecule has 0 aromatic carbocycles. The molecular formula is C29H42O6. The standard InChI is InChI=1S/C29H42O6/c1-18(7-12-26(32)29(14-15-29)35-27(33)34-4)23-10-11-24-20(6-5-13-28(23,24)3)8-9-21-16-22(30)17-25(31)19(21)2/h7-9,12,18,22-26,30-32H,2,5-6,10-11,13-17H2,1,3-4H3/b12-7+,20-8+,21-9-/t18-,22-,23-,24+,25+,26-,28-/m1/s1. The Hall–Kier alpha value is -1.89. The van der Waals surface area contributed by atoms with Crippen molar-refractivity contribution in [2.75, 3.05) is 7.11 Å². The van der Waals surface area contributed by atoms with Gasteiger partial charge in [-0.05, 0) is 85.7 Å². The van der Waals surface area contributed by atoms with E-state index in [-0.39, 0.29) is 5.41 Å². The maximum atomic E-state index is 11.5. The van der Waals surface area contributed by atoms with Crippen LogP contribution in [0.25, 0.3) is 0 Å². The van der Waals surface area contributed by atoms with Gasteiger partial charge < -0.3 is 24.8 Å². The molecule has 0 spiro atoms. The van der Waals surface area contributed by atoms with Gasteiger partial charge in [-0.1, -0.05) is 50.3 Å². The number of hydrogen-bond acceptors (Lipinski definition) is 6. The minimum absolute atomic E-state index is 0.194. The number of hydrogen-bond donors (Lipinski definition) is 3. The summed E-state index contributed by atoms with van der Waals surface area (Å²) in [6, 6.07) is 0. The van der Waals surface area contributed by atoms with Crippen LogP contribution in [0, 0.1) is 23.2 Å². The lowest BCUT2D eigenvalue weighted by atomic mass is 9.61. The third-order valence-corrected chi connectivity index (χ3v) is 9.27. The van der Waals surface area contributed by atoms with Crippen LogP contribution in [0.2, 0.25) is 0 Å². The predicted octanol–water partition coefficient (Wildman–Crippen LogP) is 5.00. The number of fused-ring (bicyclic) bond motifs is 1. The highest BCUT2D eigenvalue weighted by molar-refractivity contribution is 5.61. The van der Waals surface area contributed by atoms with Gasteiger partial charge in [-0.3, -0.25) is 0 Å². The molecule has 0 heterocycles. The molecule has 0 bridgehead atoms. The minimum Gasteiger partial charge on any atom is -0.438 e. The summed E-state index contributed by atoms with van der Waals surface area (Å²) in [6.45, 7) is 8.70. The maximum absolute atomic E-state index is 11.5. The largest absolute Gasteiger partial charge is 0.508 e. The van der Waals surface area contributed by atoms with Crippen LogP contribution in [-0.4, -0.2) is 52.5 Å². The molecule has 4 saturated carbocycles. The molecule has 0 aromatic rings. The lowest BCUT2D eigenvalue weighted by Crippen LogP contribution is -2.36. The molecule has 0 aliphatic heterocycles. The van der Waals surface area contributed by atoms with Gasteiger partial charge in [0.1, 0.15) is 11.7 Å². The second-order valence-electron chi connectivity index (χ2n) is 11.5. The molecule has 0 aromatic heterocycles. The topological polar surface area (TPSA) is 96.2 Å². The minimum atomic E-state index is -0.829. The molecule has 6 nitrogen and oxygen atoms in total. The number of aliphatic hydroxyl groups excluding tert-OH is 3.